The number of anilines is 1. The average Bonchev–Trinajstić information content (AvgIpc) is 2.59. The molecule has 26 heavy (non-hydrogen) atoms. The Hall–Kier alpha value is -3.29. The van der Waals surface area contributed by atoms with Crippen LogP contribution < -0.4 is 15.4 Å². The van der Waals surface area contributed by atoms with Crippen LogP contribution in [-0.2, 0) is 9.59 Å². The number of ether oxygens (including phenoxy) is 1. The van der Waals surface area contributed by atoms with Gasteiger partial charge in [-0.2, -0.15) is 0 Å². The van der Waals surface area contributed by atoms with E-state index >= 15 is 0 Å². The molecular formula is C18H15F3N2O3. The number of carbonyl (C=O) groups is 2. The molecule has 0 aromatic heterocycles. The molecule has 0 fully saturated rings. The predicted molar refractivity (Wildman–Crippen MR) is 90.2 cm³/mol. The van der Waals surface area contributed by atoms with Gasteiger partial charge < -0.3 is 15.4 Å². The van der Waals surface area contributed by atoms with Gasteiger partial charge in [0.2, 0.25) is 11.8 Å². The van der Waals surface area contributed by atoms with Crippen molar-refractivity contribution in [3.05, 3.63) is 66.2 Å². The molecule has 2 rings (SSSR count). The lowest BCUT2D eigenvalue weighted by Gasteiger charge is -2.10. The zero-order valence-electron chi connectivity index (χ0n) is 13.4. The van der Waals surface area contributed by atoms with E-state index < -0.39 is 23.9 Å². The van der Waals surface area contributed by atoms with Gasteiger partial charge in [-0.1, -0.05) is 30.3 Å². The maximum absolute atomic E-state index is 12.1. The molecule has 8 heteroatoms. The van der Waals surface area contributed by atoms with Crippen molar-refractivity contribution in [2.75, 3.05) is 11.9 Å². The largest absolute Gasteiger partial charge is 0.573 e. The number of amides is 2. The summed E-state index contributed by atoms with van der Waals surface area (Å²) in [6.45, 7) is -0.279. The van der Waals surface area contributed by atoms with Gasteiger partial charge in [-0.25, -0.2) is 0 Å². The van der Waals surface area contributed by atoms with E-state index in [0.717, 1.165) is 17.7 Å². The minimum Gasteiger partial charge on any atom is -0.406 e. The minimum absolute atomic E-state index is 0.276. The van der Waals surface area contributed by atoms with Crippen molar-refractivity contribution in [1.82, 2.24) is 5.32 Å². The number of rotatable bonds is 6. The monoisotopic (exact) mass is 364 g/mol. The number of benzene rings is 2. The number of nitrogens with one attached hydrogen (secondary N) is 2. The Kier molecular flexibility index (Phi) is 6.37. The molecule has 0 saturated carbocycles. The highest BCUT2D eigenvalue weighted by atomic mass is 19.4. The number of hydrogen-bond acceptors (Lipinski definition) is 3. The molecule has 136 valence electrons. The van der Waals surface area contributed by atoms with Crippen molar-refractivity contribution < 1.29 is 27.5 Å². The summed E-state index contributed by atoms with van der Waals surface area (Å²) in [4.78, 5) is 23.4. The highest BCUT2D eigenvalue weighted by Crippen LogP contribution is 2.23. The topological polar surface area (TPSA) is 67.4 Å². The fourth-order valence-corrected chi connectivity index (χ4v) is 1.91. The molecule has 2 N–H and O–H groups in total. The number of carbonyl (C=O) groups excluding carboxylic acids is 2. The van der Waals surface area contributed by atoms with Crippen LogP contribution in [0.15, 0.2) is 60.7 Å². The van der Waals surface area contributed by atoms with Crippen LogP contribution in [0.1, 0.15) is 5.56 Å². The molecule has 2 aromatic carbocycles. The smallest absolute Gasteiger partial charge is 0.406 e. The van der Waals surface area contributed by atoms with Crippen LogP contribution in [0, 0.1) is 0 Å². The number of hydrogen-bond donors (Lipinski definition) is 2. The number of alkyl halides is 3. The van der Waals surface area contributed by atoms with Crippen molar-refractivity contribution in [1.29, 1.82) is 0 Å². The van der Waals surface area contributed by atoms with Crippen molar-refractivity contribution in [3.63, 3.8) is 0 Å². The van der Waals surface area contributed by atoms with Gasteiger partial charge in [0, 0.05) is 11.8 Å². The molecule has 0 unspecified atom stereocenters. The maximum Gasteiger partial charge on any atom is 0.573 e. The van der Waals surface area contributed by atoms with E-state index in [-0.39, 0.29) is 12.2 Å². The molecule has 0 heterocycles. The van der Waals surface area contributed by atoms with E-state index in [1.54, 1.807) is 6.08 Å². The lowest BCUT2D eigenvalue weighted by atomic mass is 10.2. The Balaban J connectivity index is 1.78. The van der Waals surface area contributed by atoms with Crippen LogP contribution in [0.3, 0.4) is 0 Å². The van der Waals surface area contributed by atoms with Crippen molar-refractivity contribution >= 4 is 23.6 Å². The summed E-state index contributed by atoms with van der Waals surface area (Å²) < 4.78 is 39.9. The molecule has 0 bridgehead atoms. The highest BCUT2D eigenvalue weighted by Gasteiger charge is 2.30. The molecular weight excluding hydrogens is 349 g/mol. The van der Waals surface area contributed by atoms with Gasteiger partial charge in [-0.15, -0.1) is 13.2 Å². The van der Waals surface area contributed by atoms with Crippen molar-refractivity contribution in [2.45, 2.75) is 6.36 Å². The van der Waals surface area contributed by atoms with Gasteiger partial charge >= 0.3 is 6.36 Å². The molecule has 5 nitrogen and oxygen atoms in total. The summed E-state index contributed by atoms with van der Waals surface area (Å²) in [5, 5.41) is 4.85. The van der Waals surface area contributed by atoms with Crippen LogP contribution >= 0.6 is 0 Å². The Morgan fingerprint density at radius 3 is 2.27 bits per heavy atom. The third-order valence-electron chi connectivity index (χ3n) is 3.02. The second-order valence-corrected chi connectivity index (χ2v) is 5.08. The van der Waals surface area contributed by atoms with Crippen LogP contribution in [0.25, 0.3) is 6.08 Å². The van der Waals surface area contributed by atoms with Gasteiger partial charge in [0.05, 0.1) is 6.54 Å². The summed E-state index contributed by atoms with van der Waals surface area (Å²) in [5.74, 6) is -1.36. The first-order valence-corrected chi connectivity index (χ1v) is 7.48. The van der Waals surface area contributed by atoms with Gasteiger partial charge in [0.25, 0.3) is 0 Å². The fraction of sp³-hybridized carbons (Fsp3) is 0.111. The third-order valence-corrected chi connectivity index (χ3v) is 3.02. The Morgan fingerprint density at radius 2 is 1.65 bits per heavy atom. The first-order valence-electron chi connectivity index (χ1n) is 7.48. The third kappa shape index (κ3) is 7.08. The molecule has 2 amide bonds. The number of halogens is 3. The summed E-state index contributed by atoms with van der Waals surface area (Å²) in [6, 6.07) is 13.8. The second-order valence-electron chi connectivity index (χ2n) is 5.08. The van der Waals surface area contributed by atoms with E-state index in [4.69, 9.17) is 0 Å². The van der Waals surface area contributed by atoms with Gasteiger partial charge in [-0.3, -0.25) is 9.59 Å². The van der Waals surface area contributed by atoms with Crippen LogP contribution in [-0.4, -0.2) is 24.7 Å². The minimum atomic E-state index is -4.78. The van der Waals surface area contributed by atoms with Crippen LogP contribution in [0.5, 0.6) is 5.75 Å². The van der Waals surface area contributed by atoms with Gasteiger partial charge in [-0.05, 0) is 35.9 Å². The Morgan fingerprint density at radius 1 is 1.00 bits per heavy atom. The molecule has 0 atom stereocenters. The molecule has 0 aliphatic rings. The van der Waals surface area contributed by atoms with Crippen molar-refractivity contribution in [2.24, 2.45) is 0 Å². The Labute approximate surface area is 147 Å². The predicted octanol–water partition coefficient (Wildman–Crippen LogP) is 3.35. The second kappa shape index (κ2) is 8.70. The van der Waals surface area contributed by atoms with E-state index in [1.807, 2.05) is 30.3 Å². The van der Waals surface area contributed by atoms with Crippen LogP contribution in [0.4, 0.5) is 18.9 Å². The quantitative estimate of drug-likeness (QED) is 0.773. The van der Waals surface area contributed by atoms with Crippen molar-refractivity contribution in [3.8, 4) is 5.75 Å². The van der Waals surface area contributed by atoms with E-state index in [2.05, 4.69) is 15.4 Å². The molecule has 0 saturated heterocycles. The summed E-state index contributed by atoms with van der Waals surface area (Å²) in [5.41, 5.74) is 1.12. The van der Waals surface area contributed by atoms with Gasteiger partial charge in [0.15, 0.2) is 0 Å². The molecule has 0 spiro atoms. The lowest BCUT2D eigenvalue weighted by molar-refractivity contribution is -0.274. The summed E-state index contributed by atoms with van der Waals surface area (Å²) in [7, 11) is 0. The zero-order valence-corrected chi connectivity index (χ0v) is 13.4. The van der Waals surface area contributed by atoms with E-state index in [0.29, 0.717) is 0 Å². The zero-order chi connectivity index (χ0) is 19.0. The normalized spacial score (nSPS) is 11.2. The lowest BCUT2D eigenvalue weighted by Crippen LogP contribution is -2.31. The average molecular weight is 364 g/mol. The van der Waals surface area contributed by atoms with Crippen LogP contribution in [0.2, 0.25) is 0 Å². The first-order chi connectivity index (χ1) is 12.3. The molecule has 0 aliphatic carbocycles. The standard InChI is InChI=1S/C18H15F3N2O3/c19-18(20,21)26-15-9-7-14(8-10-15)23-17(25)12-22-16(24)11-6-13-4-2-1-3-5-13/h1-11H,12H2,(H,22,24)(H,23,25)/b11-6+. The first kappa shape index (κ1) is 19.0. The summed E-state index contributed by atoms with van der Waals surface area (Å²) in [6.07, 6.45) is -1.87. The van der Waals surface area contributed by atoms with E-state index in [9.17, 15) is 22.8 Å². The summed E-state index contributed by atoms with van der Waals surface area (Å²) >= 11 is 0. The van der Waals surface area contributed by atoms with E-state index in [1.165, 1.54) is 18.2 Å². The highest BCUT2D eigenvalue weighted by molar-refractivity contribution is 5.97. The van der Waals surface area contributed by atoms with Gasteiger partial charge in [0.1, 0.15) is 5.75 Å². The molecule has 0 radical (unpaired) electrons. The maximum atomic E-state index is 12.1. The molecule has 2 aromatic rings. The Bertz CT molecular complexity index is 773. The molecule has 0 aliphatic heterocycles. The SMILES string of the molecule is O=C(/C=C/c1ccccc1)NCC(=O)Nc1ccc(OC(F)(F)F)cc1. The fourth-order valence-electron chi connectivity index (χ4n) is 1.91.